The Hall–Kier alpha value is 0.250. The van der Waals surface area contributed by atoms with Crippen LogP contribution in [0.1, 0.15) is 41.5 Å². The number of hydrogen-bond donors (Lipinski definition) is 0. The first-order valence-corrected chi connectivity index (χ1v) is 8.87. The van der Waals surface area contributed by atoms with Gasteiger partial charge in [-0.2, -0.15) is 0 Å². The highest BCUT2D eigenvalue weighted by molar-refractivity contribution is 9.40. The largest absolute Gasteiger partial charge is 0.440 e. The Balaban J connectivity index is 3.09. The lowest BCUT2D eigenvalue weighted by Crippen LogP contribution is -2.20. The highest BCUT2D eigenvalue weighted by Crippen LogP contribution is 2.70. The zero-order valence-electron chi connectivity index (χ0n) is 10.3. The summed E-state index contributed by atoms with van der Waals surface area (Å²) in [5.74, 6) is 0.836. The lowest BCUT2D eigenvalue weighted by atomic mass is 9.87. The molecule has 1 aliphatic heterocycles. The molecule has 88 valence electrons. The van der Waals surface area contributed by atoms with Crippen molar-refractivity contribution >= 4 is 21.6 Å². The number of hydrogen-bond acceptors (Lipinski definition) is 2. The van der Waals surface area contributed by atoms with Crippen LogP contribution in [-0.2, 0) is 9.09 Å². The van der Waals surface area contributed by atoms with Crippen molar-refractivity contribution < 1.29 is 9.09 Å². The van der Waals surface area contributed by atoms with Gasteiger partial charge < -0.3 is 4.52 Å². The van der Waals surface area contributed by atoms with E-state index in [4.69, 9.17) is 4.52 Å². The van der Waals surface area contributed by atoms with Crippen LogP contribution >= 0.6 is 21.6 Å². The van der Waals surface area contributed by atoms with Gasteiger partial charge in [0.05, 0.1) is 5.66 Å². The zero-order chi connectivity index (χ0) is 12.1. The maximum absolute atomic E-state index is 12.3. The van der Waals surface area contributed by atoms with Gasteiger partial charge in [0.2, 0.25) is 0 Å². The van der Waals surface area contributed by atoms with Crippen LogP contribution in [0.4, 0.5) is 0 Å². The van der Waals surface area contributed by atoms with Gasteiger partial charge >= 0.3 is 6.07 Å². The summed E-state index contributed by atoms with van der Waals surface area (Å²) in [5.41, 5.74) is -0.172. The first-order chi connectivity index (χ1) is 6.44. The molecule has 0 saturated carbocycles. The second-order valence-electron chi connectivity index (χ2n) is 6.20. The van der Waals surface area contributed by atoms with Crippen LogP contribution in [0.5, 0.6) is 0 Å². The molecule has 0 N–H and O–H groups in total. The Morgan fingerprint density at radius 3 is 1.93 bits per heavy atom. The summed E-state index contributed by atoms with van der Waals surface area (Å²) in [7, 11) is 0. The Morgan fingerprint density at radius 1 is 1.27 bits per heavy atom. The predicted molar refractivity (Wildman–Crippen MR) is 68.4 cm³/mol. The molecule has 0 spiro atoms. The number of allylic oxidation sites excluding steroid dienone is 2. The maximum atomic E-state index is 12.3. The lowest BCUT2D eigenvalue weighted by Gasteiger charge is -2.26. The molecule has 0 aromatic rings. The quantitative estimate of drug-likeness (QED) is 0.591. The minimum absolute atomic E-state index is 0.0424. The van der Waals surface area contributed by atoms with E-state index in [9.17, 15) is 4.57 Å². The second kappa shape index (κ2) is 3.63. The van der Waals surface area contributed by atoms with Crippen molar-refractivity contribution in [2.24, 2.45) is 10.8 Å². The molecule has 0 aromatic heterocycles. The minimum atomic E-state index is -2.71. The summed E-state index contributed by atoms with van der Waals surface area (Å²) in [5, 5.41) is 0. The van der Waals surface area contributed by atoms with Crippen molar-refractivity contribution in [3.63, 3.8) is 0 Å². The summed E-state index contributed by atoms with van der Waals surface area (Å²) >= 11 is 3.26. The molecule has 2 nitrogen and oxygen atoms in total. The average molecular weight is 295 g/mol. The summed E-state index contributed by atoms with van der Waals surface area (Å²) in [6, 6.07) is 0. The maximum Gasteiger partial charge on any atom is 0.317 e. The van der Waals surface area contributed by atoms with Crippen molar-refractivity contribution in [3.8, 4) is 0 Å². The third kappa shape index (κ3) is 2.88. The third-order valence-electron chi connectivity index (χ3n) is 2.49. The van der Waals surface area contributed by atoms with E-state index in [1.54, 1.807) is 0 Å². The smallest absolute Gasteiger partial charge is 0.317 e. The Bertz CT molecular complexity index is 333. The van der Waals surface area contributed by atoms with Gasteiger partial charge in [-0.3, -0.25) is 4.57 Å². The molecule has 2 unspecified atom stereocenters. The van der Waals surface area contributed by atoms with Crippen LogP contribution in [0.2, 0.25) is 0 Å². The molecule has 0 fully saturated rings. The Morgan fingerprint density at radius 2 is 1.73 bits per heavy atom. The SMILES string of the molecule is CC(C)(C)C1=CC(C(C)(C)C)P(=O)(Br)O1. The first-order valence-electron chi connectivity index (χ1n) is 5.16. The van der Waals surface area contributed by atoms with Gasteiger partial charge in [-0.1, -0.05) is 41.5 Å². The average Bonchev–Trinajstić information content (AvgIpc) is 2.22. The molecular formula is C11H20BrO2P. The topological polar surface area (TPSA) is 26.3 Å². The normalized spacial score (nSPS) is 32.5. The van der Waals surface area contributed by atoms with Gasteiger partial charge in [0, 0.05) is 20.9 Å². The second-order valence-corrected chi connectivity index (χ2v) is 11.0. The minimum Gasteiger partial charge on any atom is -0.440 e. The third-order valence-corrected chi connectivity index (χ3v) is 6.28. The fraction of sp³-hybridized carbons (Fsp3) is 0.818. The Kier molecular flexibility index (Phi) is 3.22. The lowest BCUT2D eigenvalue weighted by molar-refractivity contribution is 0.308. The van der Waals surface area contributed by atoms with E-state index in [1.165, 1.54) is 0 Å². The number of halogens is 1. The molecular weight excluding hydrogens is 275 g/mol. The van der Waals surface area contributed by atoms with Crippen LogP contribution < -0.4 is 0 Å². The van der Waals surface area contributed by atoms with Crippen molar-refractivity contribution in [2.75, 3.05) is 0 Å². The molecule has 0 aromatic carbocycles. The predicted octanol–water partition coefficient (Wildman–Crippen LogP) is 4.95. The van der Waals surface area contributed by atoms with E-state index in [1.807, 2.05) is 6.08 Å². The summed E-state index contributed by atoms with van der Waals surface area (Å²) in [4.78, 5) is 0. The van der Waals surface area contributed by atoms with Crippen molar-refractivity contribution in [1.29, 1.82) is 0 Å². The van der Waals surface area contributed by atoms with Crippen LogP contribution in [0, 0.1) is 10.8 Å². The van der Waals surface area contributed by atoms with Gasteiger partial charge in [-0.15, -0.1) is 0 Å². The molecule has 0 aliphatic carbocycles. The molecule has 1 aliphatic rings. The molecule has 0 amide bonds. The molecule has 4 heteroatoms. The van der Waals surface area contributed by atoms with Gasteiger partial charge in [-0.25, -0.2) is 0 Å². The first kappa shape index (κ1) is 13.3. The summed E-state index contributed by atoms with van der Waals surface area (Å²) < 4.78 is 17.9. The van der Waals surface area contributed by atoms with E-state index < -0.39 is 6.07 Å². The molecule has 0 saturated heterocycles. The van der Waals surface area contributed by atoms with E-state index in [-0.39, 0.29) is 16.5 Å². The zero-order valence-corrected chi connectivity index (χ0v) is 12.8. The highest BCUT2D eigenvalue weighted by atomic mass is 79.9. The van der Waals surface area contributed by atoms with Crippen molar-refractivity contribution in [3.05, 3.63) is 11.8 Å². The van der Waals surface area contributed by atoms with Crippen LogP contribution in [0.3, 0.4) is 0 Å². The molecule has 15 heavy (non-hydrogen) atoms. The number of rotatable bonds is 0. The molecule has 1 rings (SSSR count). The standard InChI is InChI=1S/C11H20BrO2P/c1-10(2,3)8-7-9(11(4,5)6)15(12,13)14-8/h7,9H,1-6H3. The fourth-order valence-electron chi connectivity index (χ4n) is 1.55. The Labute approximate surface area is 101 Å². The van der Waals surface area contributed by atoms with Gasteiger partial charge in [-0.05, 0) is 11.5 Å². The summed E-state index contributed by atoms with van der Waals surface area (Å²) in [6.45, 7) is 12.4. The van der Waals surface area contributed by atoms with Gasteiger partial charge in [0.25, 0.3) is 0 Å². The summed E-state index contributed by atoms with van der Waals surface area (Å²) in [6.07, 6.45) is -0.684. The van der Waals surface area contributed by atoms with E-state index >= 15 is 0 Å². The van der Waals surface area contributed by atoms with E-state index in [2.05, 4.69) is 57.0 Å². The highest BCUT2D eigenvalue weighted by Gasteiger charge is 2.47. The van der Waals surface area contributed by atoms with Gasteiger partial charge in [0.1, 0.15) is 5.76 Å². The van der Waals surface area contributed by atoms with Crippen molar-refractivity contribution in [1.82, 2.24) is 0 Å². The van der Waals surface area contributed by atoms with Crippen LogP contribution in [0.15, 0.2) is 11.8 Å². The molecule has 0 radical (unpaired) electrons. The van der Waals surface area contributed by atoms with Gasteiger partial charge in [0.15, 0.2) is 0 Å². The van der Waals surface area contributed by atoms with E-state index in [0.29, 0.717) is 0 Å². The van der Waals surface area contributed by atoms with Crippen LogP contribution in [0.25, 0.3) is 0 Å². The molecule has 0 bridgehead atoms. The molecule has 2 atom stereocenters. The van der Waals surface area contributed by atoms with E-state index in [0.717, 1.165) is 5.76 Å². The van der Waals surface area contributed by atoms with Crippen LogP contribution in [-0.4, -0.2) is 5.66 Å². The van der Waals surface area contributed by atoms with Crippen molar-refractivity contribution in [2.45, 2.75) is 47.2 Å². The molecule has 1 heterocycles. The monoisotopic (exact) mass is 294 g/mol. The fourth-order valence-corrected chi connectivity index (χ4v) is 6.17.